The fourth-order valence-electron chi connectivity index (χ4n) is 5.16. The van der Waals surface area contributed by atoms with Gasteiger partial charge in [0.1, 0.15) is 5.76 Å². The minimum absolute atomic E-state index is 0. The van der Waals surface area contributed by atoms with Crippen molar-refractivity contribution in [2.24, 2.45) is 0 Å². The molecule has 0 unspecified atom stereocenters. The van der Waals surface area contributed by atoms with Crippen LogP contribution in [0.2, 0.25) is 0 Å². The predicted octanol–water partition coefficient (Wildman–Crippen LogP) is 2.36. The number of anilines is 2. The van der Waals surface area contributed by atoms with Gasteiger partial charge in [-0.2, -0.15) is 8.42 Å². The molecule has 0 saturated carbocycles. The molecule has 1 aliphatic heterocycles. The average Bonchev–Trinajstić information content (AvgIpc) is 3.49. The van der Waals surface area contributed by atoms with Crippen LogP contribution in [0.1, 0.15) is 53.7 Å². The van der Waals surface area contributed by atoms with Gasteiger partial charge in [-0.05, 0) is 80.5 Å². The van der Waals surface area contributed by atoms with Crippen molar-refractivity contribution < 1.29 is 22.5 Å². The first-order chi connectivity index (χ1) is 15.4. The van der Waals surface area contributed by atoms with Gasteiger partial charge in [-0.1, -0.05) is 11.2 Å². The predicted molar refractivity (Wildman–Crippen MR) is 126 cm³/mol. The van der Waals surface area contributed by atoms with Crippen LogP contribution >= 0.6 is 0 Å². The fraction of sp³-hybridized carbons (Fsp3) is 0.545. The number of ether oxygens (including phenoxy) is 1. The van der Waals surface area contributed by atoms with Gasteiger partial charge in [0.05, 0.1) is 6.04 Å². The Morgan fingerprint density at radius 1 is 1.06 bits per heavy atom. The zero-order valence-electron chi connectivity index (χ0n) is 18.1. The first-order valence-corrected chi connectivity index (χ1v) is 12.7. The number of urea groups is 1. The van der Waals surface area contributed by atoms with Crippen LogP contribution in [0.25, 0.3) is 0 Å². The number of benzene rings is 1. The van der Waals surface area contributed by atoms with E-state index in [9.17, 15) is 13.2 Å². The van der Waals surface area contributed by atoms with Crippen LogP contribution in [0.3, 0.4) is 0 Å². The van der Waals surface area contributed by atoms with Crippen molar-refractivity contribution in [1.29, 1.82) is 0 Å². The summed E-state index contributed by atoms with van der Waals surface area (Å²) in [5.41, 5.74) is 5.63. The maximum absolute atomic E-state index is 13.3. The summed E-state index contributed by atoms with van der Waals surface area (Å²) in [6, 6.07) is 2.70. The molecule has 2 aliphatic carbocycles. The van der Waals surface area contributed by atoms with Crippen LogP contribution in [-0.4, -0.2) is 68.4 Å². The summed E-state index contributed by atoms with van der Waals surface area (Å²) < 4.78 is 40.6. The SMILES string of the molecule is Cc1cc(N(C2CCOCC2)S(=O)(=O)NC(=O)Nc2c3c(cc4c2CCC4)CCC3)no1.[NaH]. The second kappa shape index (κ2) is 9.95. The molecule has 0 atom stereocenters. The average molecular weight is 485 g/mol. The van der Waals surface area contributed by atoms with E-state index in [4.69, 9.17) is 9.26 Å². The zero-order chi connectivity index (χ0) is 22.3. The molecule has 1 aromatic heterocycles. The summed E-state index contributed by atoms with van der Waals surface area (Å²) in [6.07, 6.45) is 6.92. The Balaban J connectivity index is 0.00000259. The number of hydrogen-bond donors (Lipinski definition) is 2. The molecule has 174 valence electrons. The summed E-state index contributed by atoms with van der Waals surface area (Å²) in [5, 5.41) is 6.79. The first-order valence-electron chi connectivity index (χ1n) is 11.2. The van der Waals surface area contributed by atoms with Crippen LogP contribution in [0.4, 0.5) is 16.3 Å². The van der Waals surface area contributed by atoms with E-state index in [1.165, 1.54) is 11.1 Å². The topological polar surface area (TPSA) is 114 Å². The molecule has 2 amide bonds. The molecule has 0 radical (unpaired) electrons. The second-order valence-electron chi connectivity index (χ2n) is 8.73. The van der Waals surface area contributed by atoms with Gasteiger partial charge in [0.15, 0.2) is 5.82 Å². The number of hydrogen-bond acceptors (Lipinski definition) is 6. The van der Waals surface area contributed by atoms with Gasteiger partial charge in [-0.25, -0.2) is 13.8 Å². The van der Waals surface area contributed by atoms with Crippen LogP contribution in [0.5, 0.6) is 0 Å². The number of nitrogens with zero attached hydrogens (tertiary/aromatic N) is 2. The molecule has 2 N–H and O–H groups in total. The molecule has 1 aromatic carbocycles. The van der Waals surface area contributed by atoms with E-state index < -0.39 is 16.2 Å². The maximum atomic E-state index is 13.3. The van der Waals surface area contributed by atoms with Gasteiger partial charge < -0.3 is 14.6 Å². The molecular formula is C22H29N4NaO5S. The van der Waals surface area contributed by atoms with Crippen molar-refractivity contribution in [2.75, 3.05) is 22.8 Å². The normalized spacial score (nSPS) is 17.7. The van der Waals surface area contributed by atoms with Crippen molar-refractivity contribution in [3.8, 4) is 0 Å². The van der Waals surface area contributed by atoms with Crippen LogP contribution in [0, 0.1) is 6.92 Å². The number of carbonyl (C=O) groups is 1. The van der Waals surface area contributed by atoms with Crippen LogP contribution < -0.4 is 14.3 Å². The number of carbonyl (C=O) groups excluding carboxylic acids is 1. The molecular weight excluding hydrogens is 455 g/mol. The minimum atomic E-state index is -4.22. The quantitative estimate of drug-likeness (QED) is 0.630. The van der Waals surface area contributed by atoms with Crippen molar-refractivity contribution >= 4 is 57.3 Å². The molecule has 11 heteroatoms. The van der Waals surface area contributed by atoms with Crippen molar-refractivity contribution in [3.63, 3.8) is 0 Å². The number of aromatic nitrogens is 1. The Morgan fingerprint density at radius 3 is 2.27 bits per heavy atom. The van der Waals surface area contributed by atoms with E-state index in [1.807, 2.05) is 0 Å². The van der Waals surface area contributed by atoms with Crippen molar-refractivity contribution in [1.82, 2.24) is 9.88 Å². The second-order valence-corrected chi connectivity index (χ2v) is 10.3. The summed E-state index contributed by atoms with van der Waals surface area (Å²) in [6.45, 7) is 2.59. The number of nitrogens with one attached hydrogen (secondary N) is 2. The van der Waals surface area contributed by atoms with E-state index in [-0.39, 0.29) is 41.4 Å². The molecule has 2 aromatic rings. The molecule has 0 bridgehead atoms. The summed E-state index contributed by atoms with van der Waals surface area (Å²) in [7, 11) is -4.22. The van der Waals surface area contributed by atoms with Gasteiger partial charge in [0.25, 0.3) is 0 Å². The van der Waals surface area contributed by atoms with Gasteiger partial charge in [-0.15, -0.1) is 0 Å². The summed E-state index contributed by atoms with van der Waals surface area (Å²) in [4.78, 5) is 13.0. The number of aryl methyl sites for hydroxylation is 3. The molecule has 1 saturated heterocycles. The van der Waals surface area contributed by atoms with Gasteiger partial charge >= 0.3 is 45.8 Å². The third kappa shape index (κ3) is 4.95. The Hall–Kier alpha value is -1.59. The molecule has 9 nitrogen and oxygen atoms in total. The molecule has 1 fully saturated rings. The zero-order valence-corrected chi connectivity index (χ0v) is 19.0. The third-order valence-electron chi connectivity index (χ3n) is 6.56. The third-order valence-corrected chi connectivity index (χ3v) is 8.00. The number of fused-ring (bicyclic) bond motifs is 2. The van der Waals surface area contributed by atoms with E-state index >= 15 is 0 Å². The molecule has 3 aliphatic rings. The Labute approximate surface area is 216 Å². The van der Waals surface area contributed by atoms with Crippen molar-refractivity contribution in [2.45, 2.75) is 64.3 Å². The van der Waals surface area contributed by atoms with Gasteiger partial charge in [0.2, 0.25) is 0 Å². The number of rotatable bonds is 5. The van der Waals surface area contributed by atoms with Crippen LogP contribution in [-0.2, 0) is 40.6 Å². The molecule has 2 heterocycles. The Morgan fingerprint density at radius 2 is 1.70 bits per heavy atom. The van der Waals surface area contributed by atoms with E-state index in [0.29, 0.717) is 31.8 Å². The Bertz CT molecular complexity index is 1110. The summed E-state index contributed by atoms with van der Waals surface area (Å²) in [5.74, 6) is 0.656. The molecule has 0 spiro atoms. The number of amides is 2. The summed E-state index contributed by atoms with van der Waals surface area (Å²) >= 11 is 0. The van der Waals surface area contributed by atoms with E-state index in [1.54, 1.807) is 13.0 Å². The van der Waals surface area contributed by atoms with Gasteiger partial charge in [0, 0.05) is 25.0 Å². The van der Waals surface area contributed by atoms with E-state index in [2.05, 4.69) is 21.3 Å². The monoisotopic (exact) mass is 484 g/mol. The van der Waals surface area contributed by atoms with E-state index in [0.717, 1.165) is 59.6 Å². The fourth-order valence-corrected chi connectivity index (χ4v) is 6.48. The van der Waals surface area contributed by atoms with Crippen LogP contribution in [0.15, 0.2) is 16.7 Å². The molecule has 33 heavy (non-hydrogen) atoms. The molecule has 5 rings (SSSR count). The standard InChI is InChI=1S/C22H28N4O5S.Na.H/c1-14-12-20(24-31-14)26(17-8-10-30-11-9-17)32(28,29)25-22(27)23-21-18-6-2-4-15(18)13-16-5-3-7-19(16)21;;/h12-13,17H,2-11H2,1H3,(H2,23,25,27);;. The van der Waals surface area contributed by atoms with Gasteiger partial charge in [-0.3, -0.25) is 0 Å². The Kier molecular flexibility index (Phi) is 7.40. The van der Waals surface area contributed by atoms with Crippen molar-refractivity contribution in [3.05, 3.63) is 40.1 Å². The first kappa shape index (κ1) is 24.5.